The molecule has 4 heteroatoms. The average Bonchev–Trinajstić information content (AvgIpc) is 2.69. The highest BCUT2D eigenvalue weighted by molar-refractivity contribution is 5.94. The third-order valence-corrected chi connectivity index (χ3v) is 3.55. The Morgan fingerprint density at radius 3 is 2.60 bits per heavy atom. The molecular weight excluding hydrogens is 192 g/mol. The summed E-state index contributed by atoms with van der Waals surface area (Å²) in [6.07, 6.45) is 1.16. The van der Waals surface area contributed by atoms with E-state index in [1.54, 1.807) is 11.8 Å². The van der Waals surface area contributed by atoms with Gasteiger partial charge in [0.2, 0.25) is 11.8 Å². The number of carbonyl (C=O) groups excluding carboxylic acids is 2. The first-order valence-corrected chi connectivity index (χ1v) is 5.48. The summed E-state index contributed by atoms with van der Waals surface area (Å²) in [4.78, 5) is 24.7. The fraction of sp³-hybridized carbons (Fsp3) is 0.818. The molecule has 1 aliphatic carbocycles. The predicted octanol–water partition coefficient (Wildman–Crippen LogP) is 0.379. The van der Waals surface area contributed by atoms with Crippen molar-refractivity contribution in [2.45, 2.75) is 33.2 Å². The van der Waals surface area contributed by atoms with Gasteiger partial charge < -0.3 is 10.2 Å². The standard InChI is InChI=1S/C11H18N2O2/c1-7-10(15)13(6-9(14)12-7)5-8-4-11(8,2)3/h7-8H,4-6H2,1-3H3,(H,12,14). The van der Waals surface area contributed by atoms with Gasteiger partial charge in [0.1, 0.15) is 6.04 Å². The van der Waals surface area contributed by atoms with Crippen molar-refractivity contribution >= 4 is 11.8 Å². The van der Waals surface area contributed by atoms with Crippen molar-refractivity contribution in [2.24, 2.45) is 11.3 Å². The Labute approximate surface area is 90.0 Å². The van der Waals surface area contributed by atoms with Crippen LogP contribution in [0.5, 0.6) is 0 Å². The van der Waals surface area contributed by atoms with Crippen molar-refractivity contribution in [3.8, 4) is 0 Å². The smallest absolute Gasteiger partial charge is 0.245 e. The third-order valence-electron chi connectivity index (χ3n) is 3.55. The van der Waals surface area contributed by atoms with Gasteiger partial charge in [-0.05, 0) is 24.7 Å². The van der Waals surface area contributed by atoms with E-state index in [0.717, 1.165) is 13.0 Å². The van der Waals surface area contributed by atoms with Crippen LogP contribution in [0.1, 0.15) is 27.2 Å². The van der Waals surface area contributed by atoms with E-state index in [1.165, 1.54) is 0 Å². The van der Waals surface area contributed by atoms with Crippen molar-refractivity contribution in [3.05, 3.63) is 0 Å². The van der Waals surface area contributed by atoms with Gasteiger partial charge in [-0.15, -0.1) is 0 Å². The number of carbonyl (C=O) groups is 2. The summed E-state index contributed by atoms with van der Waals surface area (Å²) >= 11 is 0. The second-order valence-corrected chi connectivity index (χ2v) is 5.40. The molecule has 1 N–H and O–H groups in total. The molecule has 2 amide bonds. The summed E-state index contributed by atoms with van der Waals surface area (Å²) in [5, 5.41) is 2.64. The van der Waals surface area contributed by atoms with Crippen LogP contribution in [0.4, 0.5) is 0 Å². The number of nitrogens with zero attached hydrogens (tertiary/aromatic N) is 1. The van der Waals surface area contributed by atoms with Crippen LogP contribution in [0.3, 0.4) is 0 Å². The minimum absolute atomic E-state index is 0.0412. The Bertz CT molecular complexity index is 312. The molecule has 0 spiro atoms. The summed E-state index contributed by atoms with van der Waals surface area (Å²) in [7, 11) is 0. The van der Waals surface area contributed by atoms with Gasteiger partial charge in [0.05, 0.1) is 6.54 Å². The van der Waals surface area contributed by atoms with Gasteiger partial charge in [-0.25, -0.2) is 0 Å². The van der Waals surface area contributed by atoms with E-state index in [-0.39, 0.29) is 24.4 Å². The van der Waals surface area contributed by atoms with Gasteiger partial charge in [0, 0.05) is 6.54 Å². The van der Waals surface area contributed by atoms with E-state index in [9.17, 15) is 9.59 Å². The molecule has 2 aliphatic rings. The molecule has 0 radical (unpaired) electrons. The minimum Gasteiger partial charge on any atom is -0.343 e. The van der Waals surface area contributed by atoms with Crippen LogP contribution in [0, 0.1) is 11.3 Å². The molecule has 2 atom stereocenters. The SMILES string of the molecule is CC1NC(=O)CN(CC2CC2(C)C)C1=O. The molecule has 2 fully saturated rings. The lowest BCUT2D eigenvalue weighted by molar-refractivity contribution is -0.144. The van der Waals surface area contributed by atoms with Gasteiger partial charge in [-0.2, -0.15) is 0 Å². The van der Waals surface area contributed by atoms with Gasteiger partial charge in [-0.3, -0.25) is 9.59 Å². The van der Waals surface area contributed by atoms with Crippen LogP contribution < -0.4 is 5.32 Å². The van der Waals surface area contributed by atoms with Crippen LogP contribution in [0.25, 0.3) is 0 Å². The summed E-state index contributed by atoms with van der Waals surface area (Å²) < 4.78 is 0. The number of nitrogens with one attached hydrogen (secondary N) is 1. The van der Waals surface area contributed by atoms with E-state index in [0.29, 0.717) is 11.3 Å². The van der Waals surface area contributed by atoms with Crippen LogP contribution in [-0.2, 0) is 9.59 Å². The first-order chi connectivity index (χ1) is 6.90. The zero-order valence-corrected chi connectivity index (χ0v) is 9.54. The number of hydrogen-bond acceptors (Lipinski definition) is 2. The van der Waals surface area contributed by atoms with Crippen molar-refractivity contribution in [2.75, 3.05) is 13.1 Å². The highest BCUT2D eigenvalue weighted by atomic mass is 16.2. The maximum absolute atomic E-state index is 11.8. The van der Waals surface area contributed by atoms with E-state index >= 15 is 0 Å². The lowest BCUT2D eigenvalue weighted by Gasteiger charge is -2.31. The van der Waals surface area contributed by atoms with Crippen molar-refractivity contribution in [3.63, 3.8) is 0 Å². The van der Waals surface area contributed by atoms with Gasteiger partial charge in [0.15, 0.2) is 0 Å². The molecule has 84 valence electrons. The minimum atomic E-state index is -0.354. The molecular formula is C11H18N2O2. The second-order valence-electron chi connectivity index (χ2n) is 5.40. The molecule has 0 aromatic rings. The zero-order valence-electron chi connectivity index (χ0n) is 9.54. The molecule has 0 bridgehead atoms. The first-order valence-electron chi connectivity index (χ1n) is 5.48. The van der Waals surface area contributed by atoms with Gasteiger partial charge in [0.25, 0.3) is 0 Å². The highest BCUT2D eigenvalue weighted by Gasteiger charge is 2.47. The largest absolute Gasteiger partial charge is 0.343 e. The molecule has 0 aromatic carbocycles. The summed E-state index contributed by atoms with van der Waals surface area (Å²) in [5.74, 6) is 0.581. The van der Waals surface area contributed by atoms with Crippen LogP contribution in [0.15, 0.2) is 0 Å². The second kappa shape index (κ2) is 3.22. The Kier molecular flexibility index (Phi) is 2.24. The zero-order chi connectivity index (χ0) is 11.2. The topological polar surface area (TPSA) is 49.4 Å². The monoisotopic (exact) mass is 210 g/mol. The van der Waals surface area contributed by atoms with Crippen LogP contribution >= 0.6 is 0 Å². The first kappa shape index (κ1) is 10.5. The van der Waals surface area contributed by atoms with E-state index in [1.807, 2.05) is 0 Å². The Morgan fingerprint density at radius 2 is 2.07 bits per heavy atom. The fourth-order valence-corrected chi connectivity index (χ4v) is 2.18. The molecule has 1 aliphatic heterocycles. The van der Waals surface area contributed by atoms with Crippen LogP contribution in [-0.4, -0.2) is 35.8 Å². The van der Waals surface area contributed by atoms with Crippen molar-refractivity contribution in [1.29, 1.82) is 0 Å². The summed E-state index contributed by atoms with van der Waals surface area (Å²) in [5.41, 5.74) is 0.359. The Balaban J connectivity index is 1.96. The van der Waals surface area contributed by atoms with Crippen LogP contribution in [0.2, 0.25) is 0 Å². The van der Waals surface area contributed by atoms with Crippen molar-refractivity contribution < 1.29 is 9.59 Å². The molecule has 1 saturated carbocycles. The molecule has 0 aromatic heterocycles. The summed E-state index contributed by atoms with van der Waals surface area (Å²) in [6, 6.07) is -0.354. The lowest BCUT2D eigenvalue weighted by atomic mass is 10.1. The molecule has 2 rings (SSSR count). The molecule has 15 heavy (non-hydrogen) atoms. The molecule has 1 saturated heterocycles. The maximum Gasteiger partial charge on any atom is 0.245 e. The van der Waals surface area contributed by atoms with Crippen molar-refractivity contribution in [1.82, 2.24) is 10.2 Å². The predicted molar refractivity (Wildman–Crippen MR) is 56.1 cm³/mol. The molecule has 1 heterocycles. The maximum atomic E-state index is 11.8. The normalized spacial score (nSPS) is 33.9. The lowest BCUT2D eigenvalue weighted by Crippen LogP contribution is -2.57. The van der Waals surface area contributed by atoms with E-state index < -0.39 is 0 Å². The summed E-state index contributed by atoms with van der Waals surface area (Å²) in [6.45, 7) is 7.12. The Morgan fingerprint density at radius 1 is 1.47 bits per heavy atom. The van der Waals surface area contributed by atoms with E-state index in [4.69, 9.17) is 0 Å². The average molecular weight is 210 g/mol. The third kappa shape index (κ3) is 1.98. The number of piperazine rings is 1. The molecule has 4 nitrogen and oxygen atoms in total. The fourth-order valence-electron chi connectivity index (χ4n) is 2.18. The Hall–Kier alpha value is -1.06. The number of hydrogen-bond donors (Lipinski definition) is 1. The highest BCUT2D eigenvalue weighted by Crippen LogP contribution is 2.51. The quantitative estimate of drug-likeness (QED) is 0.716. The van der Waals surface area contributed by atoms with Gasteiger partial charge >= 0.3 is 0 Å². The van der Waals surface area contributed by atoms with E-state index in [2.05, 4.69) is 19.2 Å². The van der Waals surface area contributed by atoms with Gasteiger partial charge in [-0.1, -0.05) is 13.8 Å². The number of rotatable bonds is 2. The number of amides is 2. The molecule has 2 unspecified atom stereocenters.